The van der Waals surface area contributed by atoms with Crippen molar-refractivity contribution in [2.24, 2.45) is 16.0 Å². The number of phenols is 1. The van der Waals surface area contributed by atoms with E-state index in [0.717, 1.165) is 5.56 Å². The number of amides is 2. The molecule has 0 unspecified atom stereocenters. The predicted octanol–water partition coefficient (Wildman–Crippen LogP) is 5.63. The van der Waals surface area contributed by atoms with Gasteiger partial charge in [0.2, 0.25) is 5.91 Å². The number of azo groups is 1. The van der Waals surface area contributed by atoms with Gasteiger partial charge >= 0.3 is 0 Å². The smallest absolute Gasteiger partial charge is 0.259 e. The number of fused-ring (bicyclic) bond motifs is 1. The molecule has 8 heteroatoms. The number of methoxy groups -OCH3 is 1. The highest BCUT2D eigenvalue weighted by molar-refractivity contribution is 6.12. The van der Waals surface area contributed by atoms with Crippen molar-refractivity contribution in [3.05, 3.63) is 89.5 Å². The maximum absolute atomic E-state index is 13.1. The number of benzene rings is 4. The topological polar surface area (TPSA) is 126 Å². The van der Waals surface area contributed by atoms with Gasteiger partial charge in [0.1, 0.15) is 17.1 Å². The number of nitrogens with two attached hydrogens (primary N) is 1. The molecule has 2 amide bonds. The van der Waals surface area contributed by atoms with E-state index in [-0.39, 0.29) is 28.3 Å². The zero-order chi connectivity index (χ0) is 24.2. The number of anilines is 1. The summed E-state index contributed by atoms with van der Waals surface area (Å²) in [6.45, 7) is 1.88. The number of rotatable bonds is 6. The zero-order valence-corrected chi connectivity index (χ0v) is 18.6. The number of aryl methyl sites for hydroxylation is 1. The van der Waals surface area contributed by atoms with Crippen LogP contribution in [0.5, 0.6) is 11.5 Å². The SMILES string of the molecule is COc1ccc(C(N)=O)cc1/N=N/c1c(O)c(C(=O)Nc2ccccc2C)cc2ccccc12. The van der Waals surface area contributed by atoms with Crippen molar-refractivity contribution < 1.29 is 19.4 Å². The molecule has 0 saturated heterocycles. The molecule has 170 valence electrons. The maximum atomic E-state index is 13.1. The van der Waals surface area contributed by atoms with Crippen LogP contribution in [-0.4, -0.2) is 24.0 Å². The Morgan fingerprint density at radius 2 is 1.71 bits per heavy atom. The Bertz CT molecular complexity index is 1450. The summed E-state index contributed by atoms with van der Waals surface area (Å²) in [5.74, 6) is -1.06. The van der Waals surface area contributed by atoms with Gasteiger partial charge in [-0.3, -0.25) is 9.59 Å². The molecule has 0 saturated carbocycles. The van der Waals surface area contributed by atoms with Crippen molar-refractivity contribution in [1.82, 2.24) is 0 Å². The van der Waals surface area contributed by atoms with Crippen molar-refractivity contribution in [3.8, 4) is 11.5 Å². The number of carbonyl (C=O) groups is 2. The van der Waals surface area contributed by atoms with Crippen molar-refractivity contribution in [3.63, 3.8) is 0 Å². The number of ether oxygens (including phenoxy) is 1. The summed E-state index contributed by atoms with van der Waals surface area (Å²) >= 11 is 0. The molecule has 4 N–H and O–H groups in total. The van der Waals surface area contributed by atoms with E-state index in [1.807, 2.05) is 37.3 Å². The van der Waals surface area contributed by atoms with Crippen LogP contribution in [0.1, 0.15) is 26.3 Å². The second-order valence-electron chi connectivity index (χ2n) is 7.56. The van der Waals surface area contributed by atoms with Crippen LogP contribution >= 0.6 is 0 Å². The van der Waals surface area contributed by atoms with Gasteiger partial charge < -0.3 is 20.9 Å². The van der Waals surface area contributed by atoms with Crippen LogP contribution in [0.15, 0.2) is 83.0 Å². The quantitative estimate of drug-likeness (QED) is 0.326. The highest BCUT2D eigenvalue weighted by atomic mass is 16.5. The third-order valence-electron chi connectivity index (χ3n) is 5.35. The standard InChI is InChI=1S/C26H22N4O4/c1-15-7-3-6-10-20(15)28-26(33)19-13-16-8-4-5-9-18(16)23(24(19)31)30-29-21-14-17(25(27)32)11-12-22(21)34-2/h3-14,31H,1-2H3,(H2,27,32)(H,28,33)/b30-29+. The molecule has 0 aromatic heterocycles. The van der Waals surface area contributed by atoms with E-state index in [0.29, 0.717) is 22.2 Å². The molecule has 0 bridgehead atoms. The largest absolute Gasteiger partial charge is 0.505 e. The number of hydrogen-bond acceptors (Lipinski definition) is 6. The maximum Gasteiger partial charge on any atom is 0.259 e. The van der Waals surface area contributed by atoms with E-state index in [4.69, 9.17) is 10.5 Å². The van der Waals surface area contributed by atoms with Crippen molar-refractivity contribution in [2.45, 2.75) is 6.92 Å². The number of aromatic hydroxyl groups is 1. The molecule has 0 aliphatic rings. The Morgan fingerprint density at radius 3 is 2.44 bits per heavy atom. The fraction of sp³-hybridized carbons (Fsp3) is 0.0769. The van der Waals surface area contributed by atoms with Gasteiger partial charge in [-0.05, 0) is 48.2 Å². The normalized spacial score (nSPS) is 11.0. The first-order chi connectivity index (χ1) is 16.4. The Kier molecular flexibility index (Phi) is 6.22. The molecule has 0 fully saturated rings. The van der Waals surface area contributed by atoms with E-state index in [2.05, 4.69) is 15.5 Å². The number of hydrogen-bond donors (Lipinski definition) is 3. The molecular formula is C26H22N4O4. The second-order valence-corrected chi connectivity index (χ2v) is 7.56. The lowest BCUT2D eigenvalue weighted by Gasteiger charge is -2.12. The van der Waals surface area contributed by atoms with Gasteiger partial charge in [0, 0.05) is 16.6 Å². The molecule has 0 aliphatic heterocycles. The van der Waals surface area contributed by atoms with Crippen LogP contribution in [0.25, 0.3) is 10.8 Å². The predicted molar refractivity (Wildman–Crippen MR) is 130 cm³/mol. The van der Waals surface area contributed by atoms with Crippen molar-refractivity contribution in [2.75, 3.05) is 12.4 Å². The number of nitrogens with zero attached hydrogens (tertiary/aromatic N) is 2. The van der Waals surface area contributed by atoms with E-state index in [9.17, 15) is 14.7 Å². The molecule has 0 aliphatic carbocycles. The summed E-state index contributed by atoms with van der Waals surface area (Å²) in [6, 6.07) is 20.7. The van der Waals surface area contributed by atoms with E-state index < -0.39 is 11.8 Å². The molecule has 34 heavy (non-hydrogen) atoms. The van der Waals surface area contributed by atoms with Gasteiger partial charge in [0.25, 0.3) is 5.91 Å². The molecule has 4 aromatic carbocycles. The summed E-state index contributed by atoms with van der Waals surface area (Å²) in [4.78, 5) is 24.6. The lowest BCUT2D eigenvalue weighted by molar-refractivity contribution is 0.0997. The first-order valence-electron chi connectivity index (χ1n) is 10.4. The Hall–Kier alpha value is -4.72. The molecule has 0 spiro atoms. The van der Waals surface area contributed by atoms with Crippen molar-refractivity contribution in [1.29, 1.82) is 0 Å². The van der Waals surface area contributed by atoms with Gasteiger partial charge in [-0.15, -0.1) is 10.2 Å². The zero-order valence-electron chi connectivity index (χ0n) is 18.6. The van der Waals surface area contributed by atoms with E-state index in [1.165, 1.54) is 19.2 Å². The summed E-state index contributed by atoms with van der Waals surface area (Å²) in [5.41, 5.74) is 7.53. The van der Waals surface area contributed by atoms with E-state index in [1.54, 1.807) is 30.3 Å². The molecule has 8 nitrogen and oxygen atoms in total. The summed E-state index contributed by atoms with van der Waals surface area (Å²) in [5, 5.41) is 23.6. The van der Waals surface area contributed by atoms with Crippen LogP contribution in [0.3, 0.4) is 0 Å². The van der Waals surface area contributed by atoms with E-state index >= 15 is 0 Å². The van der Waals surface area contributed by atoms with Crippen LogP contribution in [0.2, 0.25) is 0 Å². The molecule has 0 radical (unpaired) electrons. The third-order valence-corrected chi connectivity index (χ3v) is 5.35. The minimum absolute atomic E-state index is 0.0498. The Balaban J connectivity index is 1.81. The number of phenolic OH excluding ortho intramolecular Hbond substituents is 1. The minimum atomic E-state index is -0.623. The fourth-order valence-corrected chi connectivity index (χ4v) is 3.52. The number of nitrogens with one attached hydrogen (secondary N) is 1. The van der Waals surface area contributed by atoms with Crippen LogP contribution in [0.4, 0.5) is 17.1 Å². The summed E-state index contributed by atoms with van der Waals surface area (Å²) in [6.07, 6.45) is 0. The van der Waals surface area contributed by atoms with Gasteiger partial charge in [-0.2, -0.15) is 0 Å². The van der Waals surface area contributed by atoms with Gasteiger partial charge in [0.05, 0.1) is 12.7 Å². The highest BCUT2D eigenvalue weighted by Gasteiger charge is 2.19. The van der Waals surface area contributed by atoms with Crippen LogP contribution in [0, 0.1) is 6.92 Å². The minimum Gasteiger partial charge on any atom is -0.505 e. The first kappa shape index (κ1) is 22.5. The van der Waals surface area contributed by atoms with Crippen molar-refractivity contribution >= 4 is 39.6 Å². The average molecular weight is 454 g/mol. The molecule has 4 rings (SSSR count). The summed E-state index contributed by atoms with van der Waals surface area (Å²) < 4.78 is 5.29. The fourth-order valence-electron chi connectivity index (χ4n) is 3.52. The molecular weight excluding hydrogens is 432 g/mol. The Labute approximate surface area is 195 Å². The number of primary amides is 1. The van der Waals surface area contributed by atoms with Gasteiger partial charge in [-0.1, -0.05) is 42.5 Å². The second kappa shape index (κ2) is 9.41. The van der Waals surface area contributed by atoms with Gasteiger partial charge in [0.15, 0.2) is 5.75 Å². The third kappa shape index (κ3) is 4.42. The lowest BCUT2D eigenvalue weighted by Crippen LogP contribution is -2.13. The highest BCUT2D eigenvalue weighted by Crippen LogP contribution is 2.40. The van der Waals surface area contributed by atoms with Gasteiger partial charge in [-0.25, -0.2) is 0 Å². The lowest BCUT2D eigenvalue weighted by atomic mass is 10.0. The van der Waals surface area contributed by atoms with Crippen LogP contribution in [-0.2, 0) is 0 Å². The number of carbonyl (C=O) groups excluding carboxylic acids is 2. The first-order valence-corrected chi connectivity index (χ1v) is 10.4. The summed E-state index contributed by atoms with van der Waals surface area (Å²) in [7, 11) is 1.46. The molecule has 0 heterocycles. The molecule has 0 atom stereocenters. The number of para-hydroxylation sites is 1. The Morgan fingerprint density at radius 1 is 0.971 bits per heavy atom. The molecule has 4 aromatic rings. The van der Waals surface area contributed by atoms with Crippen LogP contribution < -0.4 is 15.8 Å². The monoisotopic (exact) mass is 454 g/mol. The average Bonchev–Trinajstić information content (AvgIpc) is 2.84.